The summed E-state index contributed by atoms with van der Waals surface area (Å²) in [5.41, 5.74) is 2.40. The largest absolute Gasteiger partial charge is 0.452 e. The van der Waals surface area contributed by atoms with E-state index in [2.05, 4.69) is 0 Å². The van der Waals surface area contributed by atoms with E-state index in [1.54, 1.807) is 24.3 Å². The molecule has 0 aromatic heterocycles. The summed E-state index contributed by atoms with van der Waals surface area (Å²) in [6.07, 6.45) is 2.89. The number of halogens is 1. The number of esters is 1. The van der Waals surface area contributed by atoms with Crippen molar-refractivity contribution in [2.75, 3.05) is 13.7 Å². The van der Waals surface area contributed by atoms with E-state index in [0.29, 0.717) is 5.56 Å². The molecule has 0 spiro atoms. The third-order valence-corrected chi connectivity index (χ3v) is 3.62. The molecule has 0 aliphatic carbocycles. The van der Waals surface area contributed by atoms with Crippen LogP contribution in [0.25, 0.3) is 6.08 Å². The third-order valence-electron chi connectivity index (χ3n) is 3.62. The van der Waals surface area contributed by atoms with Crippen LogP contribution < -0.4 is 0 Å². The van der Waals surface area contributed by atoms with Gasteiger partial charge in [0.2, 0.25) is 0 Å². The average molecular weight is 341 g/mol. The summed E-state index contributed by atoms with van der Waals surface area (Å²) in [5.74, 6) is -1.38. The Kier molecular flexibility index (Phi) is 6.46. The van der Waals surface area contributed by atoms with Crippen LogP contribution in [0, 0.1) is 12.7 Å². The van der Waals surface area contributed by atoms with Crippen LogP contribution in [0.2, 0.25) is 0 Å². The molecule has 1 amide bonds. The number of rotatable bonds is 6. The van der Waals surface area contributed by atoms with Crippen molar-refractivity contribution >= 4 is 18.0 Å². The van der Waals surface area contributed by atoms with Crippen molar-refractivity contribution in [2.45, 2.75) is 13.5 Å². The van der Waals surface area contributed by atoms with Crippen LogP contribution in [0.1, 0.15) is 16.7 Å². The van der Waals surface area contributed by atoms with E-state index in [1.807, 2.05) is 31.2 Å². The highest BCUT2D eigenvalue weighted by molar-refractivity contribution is 5.89. The minimum atomic E-state index is -0.604. The van der Waals surface area contributed by atoms with E-state index in [-0.39, 0.29) is 19.0 Å². The summed E-state index contributed by atoms with van der Waals surface area (Å²) in [6, 6.07) is 13.9. The highest BCUT2D eigenvalue weighted by Gasteiger charge is 2.13. The molecule has 0 radical (unpaired) electrons. The number of benzene rings is 2. The molecule has 25 heavy (non-hydrogen) atoms. The molecule has 0 heterocycles. The van der Waals surface area contributed by atoms with E-state index in [9.17, 15) is 14.0 Å². The number of hydrogen-bond donors (Lipinski definition) is 0. The first-order chi connectivity index (χ1) is 12.0. The van der Waals surface area contributed by atoms with Gasteiger partial charge in [-0.1, -0.05) is 48.0 Å². The molecule has 130 valence electrons. The van der Waals surface area contributed by atoms with Gasteiger partial charge in [-0.15, -0.1) is 0 Å². The van der Waals surface area contributed by atoms with Crippen molar-refractivity contribution in [1.82, 2.24) is 4.90 Å². The van der Waals surface area contributed by atoms with Gasteiger partial charge in [-0.25, -0.2) is 9.18 Å². The lowest BCUT2D eigenvalue weighted by Crippen LogP contribution is -2.30. The quantitative estimate of drug-likeness (QED) is 0.598. The Morgan fingerprint density at radius 1 is 1.12 bits per heavy atom. The van der Waals surface area contributed by atoms with Gasteiger partial charge in [-0.2, -0.15) is 0 Å². The van der Waals surface area contributed by atoms with Gasteiger partial charge in [0.15, 0.2) is 6.61 Å². The van der Waals surface area contributed by atoms with Gasteiger partial charge in [0.25, 0.3) is 5.91 Å². The Morgan fingerprint density at radius 2 is 1.80 bits per heavy atom. The number of carbonyl (C=O) groups excluding carboxylic acids is 2. The molecule has 0 aliphatic heterocycles. The molecule has 2 rings (SSSR count). The zero-order valence-corrected chi connectivity index (χ0v) is 14.2. The van der Waals surface area contributed by atoms with Crippen molar-refractivity contribution in [3.63, 3.8) is 0 Å². The van der Waals surface area contributed by atoms with E-state index in [0.717, 1.165) is 11.1 Å². The maximum absolute atomic E-state index is 13.6. The topological polar surface area (TPSA) is 46.6 Å². The normalized spacial score (nSPS) is 10.7. The molecule has 0 atom stereocenters. The minimum Gasteiger partial charge on any atom is -0.452 e. The number of hydrogen-bond acceptors (Lipinski definition) is 3. The summed E-state index contributed by atoms with van der Waals surface area (Å²) in [5, 5.41) is 0. The summed E-state index contributed by atoms with van der Waals surface area (Å²) in [4.78, 5) is 25.0. The highest BCUT2D eigenvalue weighted by atomic mass is 19.1. The SMILES string of the molecule is Cc1ccc(/C=C/C(=O)OCC(=O)N(C)Cc2ccccc2F)cc1. The van der Waals surface area contributed by atoms with Crippen molar-refractivity contribution < 1.29 is 18.7 Å². The standard InChI is InChI=1S/C20H20FNO3/c1-15-7-9-16(10-8-15)11-12-20(24)25-14-19(23)22(2)13-17-5-3-4-6-18(17)21/h3-12H,13-14H2,1-2H3/b12-11+. The van der Waals surface area contributed by atoms with E-state index in [4.69, 9.17) is 4.74 Å². The van der Waals surface area contributed by atoms with Gasteiger partial charge >= 0.3 is 5.97 Å². The molecule has 0 saturated heterocycles. The second-order valence-corrected chi connectivity index (χ2v) is 5.69. The lowest BCUT2D eigenvalue weighted by atomic mass is 10.1. The lowest BCUT2D eigenvalue weighted by molar-refractivity contribution is -0.147. The molecule has 4 nitrogen and oxygen atoms in total. The zero-order valence-electron chi connectivity index (χ0n) is 14.2. The lowest BCUT2D eigenvalue weighted by Gasteiger charge is -2.17. The van der Waals surface area contributed by atoms with Crippen LogP contribution in [0.15, 0.2) is 54.6 Å². The van der Waals surface area contributed by atoms with Crippen molar-refractivity contribution in [1.29, 1.82) is 0 Å². The molecule has 2 aromatic carbocycles. The van der Waals surface area contributed by atoms with Gasteiger partial charge in [0.05, 0.1) is 0 Å². The molecular weight excluding hydrogens is 321 g/mol. The van der Waals surface area contributed by atoms with Crippen molar-refractivity contribution in [3.05, 3.63) is 77.1 Å². The summed E-state index contributed by atoms with van der Waals surface area (Å²) in [7, 11) is 1.53. The van der Waals surface area contributed by atoms with Crippen molar-refractivity contribution in [3.8, 4) is 0 Å². The maximum Gasteiger partial charge on any atom is 0.331 e. The number of carbonyl (C=O) groups is 2. The second-order valence-electron chi connectivity index (χ2n) is 5.69. The number of nitrogens with zero attached hydrogens (tertiary/aromatic N) is 1. The van der Waals surface area contributed by atoms with E-state index >= 15 is 0 Å². The molecule has 0 N–H and O–H groups in total. The fourth-order valence-corrected chi connectivity index (χ4v) is 2.10. The van der Waals surface area contributed by atoms with Gasteiger partial charge in [-0.3, -0.25) is 4.79 Å². The van der Waals surface area contributed by atoms with Gasteiger partial charge in [-0.05, 0) is 24.6 Å². The van der Waals surface area contributed by atoms with Crippen LogP contribution >= 0.6 is 0 Å². The number of likely N-dealkylation sites (N-methyl/N-ethyl adjacent to an activating group) is 1. The van der Waals surface area contributed by atoms with Gasteiger partial charge in [0, 0.05) is 25.2 Å². The molecular formula is C20H20FNO3. The highest BCUT2D eigenvalue weighted by Crippen LogP contribution is 2.09. The van der Waals surface area contributed by atoms with E-state index in [1.165, 1.54) is 24.1 Å². The molecule has 0 saturated carbocycles. The van der Waals surface area contributed by atoms with Crippen LogP contribution in [-0.4, -0.2) is 30.4 Å². The summed E-state index contributed by atoms with van der Waals surface area (Å²) >= 11 is 0. The fourth-order valence-electron chi connectivity index (χ4n) is 2.10. The fraction of sp³-hybridized carbons (Fsp3) is 0.200. The summed E-state index contributed by atoms with van der Waals surface area (Å²) < 4.78 is 18.5. The molecule has 0 unspecified atom stereocenters. The van der Waals surface area contributed by atoms with Crippen LogP contribution in [0.5, 0.6) is 0 Å². The van der Waals surface area contributed by atoms with Crippen LogP contribution in [0.4, 0.5) is 4.39 Å². The van der Waals surface area contributed by atoms with Crippen LogP contribution in [-0.2, 0) is 20.9 Å². The van der Waals surface area contributed by atoms with Crippen molar-refractivity contribution in [2.24, 2.45) is 0 Å². The predicted octanol–water partition coefficient (Wildman–Crippen LogP) is 3.35. The molecule has 0 aliphatic rings. The molecule has 5 heteroatoms. The summed E-state index contributed by atoms with van der Waals surface area (Å²) in [6.45, 7) is 1.70. The molecule has 2 aromatic rings. The Bertz CT molecular complexity index is 769. The Morgan fingerprint density at radius 3 is 2.48 bits per heavy atom. The Labute approximate surface area is 146 Å². The number of ether oxygens (including phenoxy) is 1. The first-order valence-corrected chi connectivity index (χ1v) is 7.84. The molecule has 0 bridgehead atoms. The first-order valence-electron chi connectivity index (χ1n) is 7.84. The van der Waals surface area contributed by atoms with Gasteiger partial charge < -0.3 is 9.64 Å². The Hall–Kier alpha value is -2.95. The monoisotopic (exact) mass is 341 g/mol. The van der Waals surface area contributed by atoms with Gasteiger partial charge in [0.1, 0.15) is 5.82 Å². The second kappa shape index (κ2) is 8.78. The minimum absolute atomic E-state index is 0.113. The smallest absolute Gasteiger partial charge is 0.331 e. The Balaban J connectivity index is 1.81. The third kappa shape index (κ3) is 5.88. The number of amides is 1. The predicted molar refractivity (Wildman–Crippen MR) is 94.0 cm³/mol. The zero-order chi connectivity index (χ0) is 18.2. The first kappa shape index (κ1) is 18.4. The van der Waals surface area contributed by atoms with E-state index < -0.39 is 11.9 Å². The molecule has 0 fully saturated rings. The number of aryl methyl sites for hydroxylation is 1. The average Bonchev–Trinajstić information content (AvgIpc) is 2.61. The maximum atomic E-state index is 13.6. The van der Waals surface area contributed by atoms with Crippen LogP contribution in [0.3, 0.4) is 0 Å².